The van der Waals surface area contributed by atoms with Gasteiger partial charge in [0.05, 0.1) is 6.04 Å². The lowest BCUT2D eigenvalue weighted by Crippen LogP contribution is -2.43. The quantitative estimate of drug-likeness (QED) is 0.828. The van der Waals surface area contributed by atoms with E-state index in [1.165, 1.54) is 0 Å². The molecular formula is C21H30N2O3. The second kappa shape index (κ2) is 8.11. The molecule has 0 spiro atoms. The van der Waals surface area contributed by atoms with E-state index in [0.717, 1.165) is 50.1 Å². The first-order valence-corrected chi connectivity index (χ1v) is 9.90. The van der Waals surface area contributed by atoms with Gasteiger partial charge in [0.15, 0.2) is 0 Å². The molecule has 2 heterocycles. The number of amides is 2. The van der Waals surface area contributed by atoms with Gasteiger partial charge in [0.25, 0.3) is 5.91 Å². The van der Waals surface area contributed by atoms with Gasteiger partial charge in [-0.3, -0.25) is 9.59 Å². The molecule has 0 N–H and O–H groups in total. The predicted molar refractivity (Wildman–Crippen MR) is 101 cm³/mol. The zero-order chi connectivity index (χ0) is 18.7. The van der Waals surface area contributed by atoms with E-state index in [1.807, 2.05) is 34.9 Å². The van der Waals surface area contributed by atoms with Crippen LogP contribution in [0, 0.1) is 5.92 Å². The van der Waals surface area contributed by atoms with Crippen molar-refractivity contribution in [1.82, 2.24) is 9.80 Å². The van der Waals surface area contributed by atoms with Gasteiger partial charge < -0.3 is 14.5 Å². The lowest BCUT2D eigenvalue weighted by molar-refractivity contribution is -0.138. The van der Waals surface area contributed by atoms with E-state index >= 15 is 0 Å². The van der Waals surface area contributed by atoms with Crippen molar-refractivity contribution in [3.63, 3.8) is 0 Å². The summed E-state index contributed by atoms with van der Waals surface area (Å²) in [5.74, 6) is 1.11. The molecule has 1 fully saturated rings. The minimum absolute atomic E-state index is 0.0215. The Morgan fingerprint density at radius 1 is 1.19 bits per heavy atom. The third-order valence-corrected chi connectivity index (χ3v) is 5.67. The number of carbonyl (C=O) groups is 2. The standard InChI is InChI=1S/C21H30N2O3/c1-4-16(5-2)21(25)23-13-18-12-17(20(24)22-10-6-7-11-22)8-9-19(18)26-14-15(23)3/h8-9,12,15-16H,4-7,10-11,13-14H2,1-3H3/t15-/m0/s1. The number of hydrogen-bond donors (Lipinski definition) is 0. The van der Waals surface area contributed by atoms with Crippen LogP contribution in [0.5, 0.6) is 5.75 Å². The summed E-state index contributed by atoms with van der Waals surface area (Å²) >= 11 is 0. The predicted octanol–water partition coefficient (Wildman–Crippen LogP) is 3.47. The van der Waals surface area contributed by atoms with Crippen molar-refractivity contribution in [2.45, 2.75) is 59.0 Å². The molecule has 0 bridgehead atoms. The summed E-state index contributed by atoms with van der Waals surface area (Å²) in [6, 6.07) is 5.67. The van der Waals surface area contributed by atoms with Crippen molar-refractivity contribution in [2.24, 2.45) is 5.92 Å². The zero-order valence-corrected chi connectivity index (χ0v) is 16.2. The van der Waals surface area contributed by atoms with Crippen LogP contribution in [0.3, 0.4) is 0 Å². The summed E-state index contributed by atoms with van der Waals surface area (Å²) in [7, 11) is 0. The lowest BCUT2D eigenvalue weighted by Gasteiger charge is -2.29. The Balaban J connectivity index is 1.85. The van der Waals surface area contributed by atoms with Gasteiger partial charge in [0.1, 0.15) is 12.4 Å². The normalized spacial score (nSPS) is 19.9. The second-order valence-electron chi connectivity index (χ2n) is 7.46. The van der Waals surface area contributed by atoms with Crippen molar-refractivity contribution in [2.75, 3.05) is 19.7 Å². The van der Waals surface area contributed by atoms with Crippen molar-refractivity contribution >= 4 is 11.8 Å². The summed E-state index contributed by atoms with van der Waals surface area (Å²) in [6.45, 7) is 8.82. The first-order valence-electron chi connectivity index (χ1n) is 9.90. The summed E-state index contributed by atoms with van der Waals surface area (Å²) in [4.78, 5) is 29.5. The fourth-order valence-electron chi connectivity index (χ4n) is 3.89. The third kappa shape index (κ3) is 3.71. The van der Waals surface area contributed by atoms with Crippen LogP contribution in [0.4, 0.5) is 0 Å². The van der Waals surface area contributed by atoms with Crippen molar-refractivity contribution in [3.05, 3.63) is 29.3 Å². The lowest BCUT2D eigenvalue weighted by atomic mass is 10.00. The molecule has 1 aromatic rings. The van der Waals surface area contributed by atoms with Crippen LogP contribution in [0.1, 0.15) is 62.4 Å². The summed E-state index contributed by atoms with van der Waals surface area (Å²) in [5, 5.41) is 0. The van der Waals surface area contributed by atoms with Gasteiger partial charge in [-0.2, -0.15) is 0 Å². The molecular weight excluding hydrogens is 328 g/mol. The fraction of sp³-hybridized carbons (Fsp3) is 0.619. The first-order chi connectivity index (χ1) is 12.5. The Bertz CT molecular complexity index is 663. The van der Waals surface area contributed by atoms with Gasteiger partial charge in [-0.25, -0.2) is 0 Å². The molecule has 5 nitrogen and oxygen atoms in total. The first kappa shape index (κ1) is 18.7. The molecule has 1 aromatic carbocycles. The number of likely N-dealkylation sites (tertiary alicyclic amines) is 1. The molecule has 1 saturated heterocycles. The van der Waals surface area contributed by atoms with Crippen molar-refractivity contribution < 1.29 is 14.3 Å². The van der Waals surface area contributed by atoms with E-state index in [0.29, 0.717) is 18.7 Å². The van der Waals surface area contributed by atoms with E-state index in [9.17, 15) is 9.59 Å². The average molecular weight is 358 g/mol. The average Bonchev–Trinajstić information content (AvgIpc) is 3.14. The largest absolute Gasteiger partial charge is 0.491 e. The van der Waals surface area contributed by atoms with Crippen molar-refractivity contribution in [1.29, 1.82) is 0 Å². The Kier molecular flexibility index (Phi) is 5.84. The number of hydrogen-bond acceptors (Lipinski definition) is 3. The highest BCUT2D eigenvalue weighted by atomic mass is 16.5. The minimum Gasteiger partial charge on any atom is -0.491 e. The molecule has 2 aliphatic rings. The molecule has 5 heteroatoms. The van der Waals surface area contributed by atoms with Crippen LogP contribution in [0.15, 0.2) is 18.2 Å². The maximum Gasteiger partial charge on any atom is 0.253 e. The molecule has 3 rings (SSSR count). The number of carbonyl (C=O) groups excluding carboxylic acids is 2. The molecule has 0 aliphatic carbocycles. The number of ether oxygens (including phenoxy) is 1. The molecule has 26 heavy (non-hydrogen) atoms. The molecule has 142 valence electrons. The number of fused-ring (bicyclic) bond motifs is 1. The van der Waals surface area contributed by atoms with Gasteiger partial charge in [-0.05, 0) is 50.8 Å². The minimum atomic E-state index is 0.0215. The van der Waals surface area contributed by atoms with Crippen LogP contribution in [0.2, 0.25) is 0 Å². The van der Waals surface area contributed by atoms with Crippen LogP contribution in [-0.2, 0) is 11.3 Å². The molecule has 2 amide bonds. The summed E-state index contributed by atoms with van der Waals surface area (Å²) < 4.78 is 5.93. The van der Waals surface area contributed by atoms with Gasteiger partial charge in [-0.15, -0.1) is 0 Å². The van der Waals surface area contributed by atoms with Gasteiger partial charge >= 0.3 is 0 Å². The van der Waals surface area contributed by atoms with Crippen molar-refractivity contribution in [3.8, 4) is 5.75 Å². The van der Waals surface area contributed by atoms with Crippen LogP contribution >= 0.6 is 0 Å². The Morgan fingerprint density at radius 3 is 2.54 bits per heavy atom. The molecule has 0 aromatic heterocycles. The monoisotopic (exact) mass is 358 g/mol. The molecule has 2 aliphatic heterocycles. The topological polar surface area (TPSA) is 49.9 Å². The van der Waals surface area contributed by atoms with E-state index in [1.54, 1.807) is 0 Å². The smallest absolute Gasteiger partial charge is 0.253 e. The molecule has 0 saturated carbocycles. The second-order valence-corrected chi connectivity index (χ2v) is 7.46. The highest BCUT2D eigenvalue weighted by molar-refractivity contribution is 5.94. The van der Waals surface area contributed by atoms with Gasteiger partial charge in [0, 0.05) is 36.7 Å². The highest BCUT2D eigenvalue weighted by Gasteiger charge is 2.30. The van der Waals surface area contributed by atoms with Gasteiger partial charge in [-0.1, -0.05) is 13.8 Å². The zero-order valence-electron chi connectivity index (χ0n) is 16.2. The Hall–Kier alpha value is -2.04. The number of benzene rings is 1. The summed E-state index contributed by atoms with van der Waals surface area (Å²) in [6.07, 6.45) is 3.85. The van der Waals surface area contributed by atoms with Crippen LogP contribution < -0.4 is 4.74 Å². The molecule has 0 unspecified atom stereocenters. The number of nitrogens with zero attached hydrogens (tertiary/aromatic N) is 2. The summed E-state index contributed by atoms with van der Waals surface area (Å²) in [5.41, 5.74) is 1.62. The van der Waals surface area contributed by atoms with Gasteiger partial charge in [0.2, 0.25) is 5.91 Å². The Morgan fingerprint density at radius 2 is 1.88 bits per heavy atom. The maximum atomic E-state index is 13.0. The van der Waals surface area contributed by atoms with E-state index in [2.05, 4.69) is 13.8 Å². The molecule has 0 radical (unpaired) electrons. The van der Waals surface area contributed by atoms with E-state index < -0.39 is 0 Å². The van der Waals surface area contributed by atoms with E-state index in [-0.39, 0.29) is 23.8 Å². The highest BCUT2D eigenvalue weighted by Crippen LogP contribution is 2.29. The Labute approximate surface area is 156 Å². The fourth-order valence-corrected chi connectivity index (χ4v) is 3.89. The molecule has 1 atom stereocenters. The number of rotatable bonds is 4. The van der Waals surface area contributed by atoms with E-state index in [4.69, 9.17) is 4.74 Å². The third-order valence-electron chi connectivity index (χ3n) is 5.67. The maximum absolute atomic E-state index is 13.0. The van der Waals surface area contributed by atoms with Crippen LogP contribution in [-0.4, -0.2) is 47.4 Å². The SMILES string of the molecule is CCC(CC)C(=O)N1Cc2cc(C(=O)N3CCCC3)ccc2OC[C@@H]1C. The van der Waals surface area contributed by atoms with Crippen LogP contribution in [0.25, 0.3) is 0 Å².